The zero-order valence-electron chi connectivity index (χ0n) is 14.9. The number of aliphatic hydroxyl groups excluding tert-OH is 1. The molecule has 0 saturated carbocycles. The minimum Gasteiger partial charge on any atom is -0.490 e. The van der Waals surface area contributed by atoms with Gasteiger partial charge < -0.3 is 19.9 Å². The molecule has 2 rings (SSSR count). The number of hydrogen-bond donors (Lipinski definition) is 2. The molecule has 0 bridgehead atoms. The van der Waals surface area contributed by atoms with Crippen molar-refractivity contribution in [3.63, 3.8) is 0 Å². The number of hydrogen-bond acceptors (Lipinski definition) is 5. The van der Waals surface area contributed by atoms with E-state index < -0.39 is 6.04 Å². The molecule has 0 aliphatic heterocycles. The Kier molecular flexibility index (Phi) is 7.87. The molecule has 26 heavy (non-hydrogen) atoms. The molecule has 0 fully saturated rings. The molecule has 0 aliphatic carbocycles. The first-order valence-corrected chi connectivity index (χ1v) is 9.28. The highest BCUT2D eigenvalue weighted by Gasteiger charge is 2.15. The third-order valence-corrected chi connectivity index (χ3v) is 4.07. The number of carbonyl (C=O) groups excluding carboxylic acids is 1. The summed E-state index contributed by atoms with van der Waals surface area (Å²) >= 11 is 3.24. The van der Waals surface area contributed by atoms with Crippen LogP contribution >= 0.6 is 15.9 Å². The maximum atomic E-state index is 12.3. The van der Waals surface area contributed by atoms with Crippen LogP contribution in [0.5, 0.6) is 11.5 Å². The molecule has 1 amide bonds. The maximum Gasteiger partial charge on any atom is 0.251 e. The summed E-state index contributed by atoms with van der Waals surface area (Å²) in [5.41, 5.74) is 1.42. The van der Waals surface area contributed by atoms with Crippen LogP contribution in [0.2, 0.25) is 0 Å². The molecule has 7 heteroatoms. The van der Waals surface area contributed by atoms with Crippen LogP contribution in [-0.2, 0) is 6.42 Å². The summed E-state index contributed by atoms with van der Waals surface area (Å²) in [4.78, 5) is 16.4. The van der Waals surface area contributed by atoms with Crippen LogP contribution in [0.15, 0.2) is 41.1 Å². The fourth-order valence-corrected chi connectivity index (χ4v) is 2.85. The summed E-state index contributed by atoms with van der Waals surface area (Å²) in [7, 11) is 0. The van der Waals surface area contributed by atoms with Crippen molar-refractivity contribution in [2.24, 2.45) is 0 Å². The molecule has 1 aromatic carbocycles. The van der Waals surface area contributed by atoms with Gasteiger partial charge in [0, 0.05) is 11.8 Å². The van der Waals surface area contributed by atoms with Gasteiger partial charge in [0.2, 0.25) is 0 Å². The van der Waals surface area contributed by atoms with E-state index in [0.717, 1.165) is 5.56 Å². The van der Waals surface area contributed by atoms with Gasteiger partial charge in [-0.2, -0.15) is 0 Å². The van der Waals surface area contributed by atoms with Crippen molar-refractivity contribution in [3.05, 3.63) is 52.3 Å². The van der Waals surface area contributed by atoms with E-state index in [4.69, 9.17) is 9.47 Å². The molecule has 2 aromatic rings. The minimum absolute atomic E-state index is 0.171. The molecule has 0 spiro atoms. The zero-order chi connectivity index (χ0) is 18.9. The summed E-state index contributed by atoms with van der Waals surface area (Å²) < 4.78 is 11.8. The van der Waals surface area contributed by atoms with E-state index in [0.29, 0.717) is 41.3 Å². The third kappa shape index (κ3) is 5.71. The number of carbonyl (C=O) groups is 1. The second-order valence-corrected chi connectivity index (χ2v) is 6.38. The van der Waals surface area contributed by atoms with Gasteiger partial charge in [0.05, 0.1) is 25.9 Å². The van der Waals surface area contributed by atoms with Gasteiger partial charge in [-0.15, -0.1) is 0 Å². The highest BCUT2D eigenvalue weighted by atomic mass is 79.9. The van der Waals surface area contributed by atoms with Crippen molar-refractivity contribution < 1.29 is 19.4 Å². The summed E-state index contributed by atoms with van der Waals surface area (Å²) in [6, 6.07) is 8.48. The number of nitrogens with zero attached hydrogens (tertiary/aromatic N) is 1. The van der Waals surface area contributed by atoms with Crippen molar-refractivity contribution in [2.75, 3.05) is 19.8 Å². The third-order valence-electron chi connectivity index (χ3n) is 3.63. The van der Waals surface area contributed by atoms with Crippen molar-refractivity contribution in [2.45, 2.75) is 26.3 Å². The minimum atomic E-state index is -0.415. The summed E-state index contributed by atoms with van der Waals surface area (Å²) in [6.45, 7) is 4.73. The van der Waals surface area contributed by atoms with Crippen molar-refractivity contribution >= 4 is 21.8 Å². The second-order valence-electron chi connectivity index (χ2n) is 5.57. The molecule has 0 aliphatic rings. The predicted octanol–water partition coefficient (Wildman–Crippen LogP) is 2.97. The highest BCUT2D eigenvalue weighted by molar-refractivity contribution is 9.10. The van der Waals surface area contributed by atoms with E-state index in [-0.39, 0.29) is 12.5 Å². The van der Waals surface area contributed by atoms with Gasteiger partial charge in [-0.25, -0.2) is 4.98 Å². The topological polar surface area (TPSA) is 80.7 Å². The molecule has 1 atom stereocenters. The molecular weight excluding hydrogens is 400 g/mol. The molecule has 2 N–H and O–H groups in total. The molecule has 1 unspecified atom stereocenters. The lowest BCUT2D eigenvalue weighted by molar-refractivity contribution is 0.0916. The van der Waals surface area contributed by atoms with Crippen LogP contribution in [0.4, 0.5) is 0 Å². The Bertz CT molecular complexity index is 739. The molecule has 1 aromatic heterocycles. The molecular formula is C19H23BrN2O4. The SMILES string of the molecule is CCOc1ccc(CC(CO)NC(=O)c2ccnc(Br)c2)cc1OCC. The molecule has 6 nitrogen and oxygen atoms in total. The van der Waals surface area contributed by atoms with E-state index >= 15 is 0 Å². The first kappa shape index (κ1) is 20.2. The van der Waals surface area contributed by atoms with Gasteiger partial charge in [-0.3, -0.25) is 4.79 Å². The van der Waals surface area contributed by atoms with Gasteiger partial charge in [-0.1, -0.05) is 6.07 Å². The highest BCUT2D eigenvalue weighted by Crippen LogP contribution is 2.29. The largest absolute Gasteiger partial charge is 0.490 e. The number of aliphatic hydroxyl groups is 1. The van der Waals surface area contributed by atoms with Crippen molar-refractivity contribution in [3.8, 4) is 11.5 Å². The number of pyridine rings is 1. The molecule has 140 valence electrons. The van der Waals surface area contributed by atoms with Gasteiger partial charge in [-0.05, 0) is 66.0 Å². The number of ether oxygens (including phenoxy) is 2. The Labute approximate surface area is 161 Å². The van der Waals surface area contributed by atoms with Crippen molar-refractivity contribution in [1.29, 1.82) is 0 Å². The van der Waals surface area contributed by atoms with Gasteiger partial charge in [0.25, 0.3) is 5.91 Å². The Morgan fingerprint density at radius 2 is 1.92 bits per heavy atom. The summed E-state index contributed by atoms with van der Waals surface area (Å²) in [6.07, 6.45) is 2.02. The first-order valence-electron chi connectivity index (χ1n) is 8.49. The van der Waals surface area contributed by atoms with E-state index in [9.17, 15) is 9.90 Å². The Morgan fingerprint density at radius 3 is 2.58 bits per heavy atom. The van der Waals surface area contributed by atoms with Gasteiger partial charge in [0.1, 0.15) is 4.60 Å². The lowest BCUT2D eigenvalue weighted by Gasteiger charge is -2.18. The fraction of sp³-hybridized carbons (Fsp3) is 0.368. The van der Waals surface area contributed by atoms with E-state index in [1.807, 2.05) is 32.0 Å². The average molecular weight is 423 g/mol. The average Bonchev–Trinajstić information content (AvgIpc) is 2.63. The number of rotatable bonds is 9. The lowest BCUT2D eigenvalue weighted by atomic mass is 10.1. The van der Waals surface area contributed by atoms with Crippen LogP contribution in [-0.4, -0.2) is 41.9 Å². The number of halogens is 1. The summed E-state index contributed by atoms with van der Waals surface area (Å²) in [5.74, 6) is 1.08. The number of nitrogens with one attached hydrogen (secondary N) is 1. The van der Waals surface area contributed by atoms with Crippen LogP contribution in [0, 0.1) is 0 Å². The summed E-state index contributed by atoms with van der Waals surface area (Å²) in [5, 5.41) is 12.5. The monoisotopic (exact) mass is 422 g/mol. The zero-order valence-corrected chi connectivity index (χ0v) is 16.5. The number of aromatic nitrogens is 1. The van der Waals surface area contributed by atoms with E-state index in [2.05, 4.69) is 26.2 Å². The molecule has 0 saturated heterocycles. The normalized spacial score (nSPS) is 11.7. The predicted molar refractivity (Wildman–Crippen MR) is 103 cm³/mol. The van der Waals surface area contributed by atoms with Crippen LogP contribution in [0.25, 0.3) is 0 Å². The van der Waals surface area contributed by atoms with Crippen molar-refractivity contribution in [1.82, 2.24) is 10.3 Å². The lowest BCUT2D eigenvalue weighted by Crippen LogP contribution is -2.39. The Hall–Kier alpha value is -2.12. The second kappa shape index (κ2) is 10.1. The van der Waals surface area contributed by atoms with E-state index in [1.54, 1.807) is 18.3 Å². The number of amides is 1. The quantitative estimate of drug-likeness (QED) is 0.607. The van der Waals surface area contributed by atoms with Gasteiger partial charge in [0.15, 0.2) is 11.5 Å². The van der Waals surface area contributed by atoms with Crippen LogP contribution in [0.1, 0.15) is 29.8 Å². The first-order chi connectivity index (χ1) is 12.6. The maximum absolute atomic E-state index is 12.3. The fourth-order valence-electron chi connectivity index (χ4n) is 2.48. The van der Waals surface area contributed by atoms with E-state index in [1.165, 1.54) is 0 Å². The molecule has 0 radical (unpaired) electrons. The Morgan fingerprint density at radius 1 is 1.19 bits per heavy atom. The number of benzene rings is 1. The smallest absolute Gasteiger partial charge is 0.251 e. The Balaban J connectivity index is 2.09. The van der Waals surface area contributed by atoms with Crippen LogP contribution < -0.4 is 14.8 Å². The van der Waals surface area contributed by atoms with Gasteiger partial charge >= 0.3 is 0 Å². The van der Waals surface area contributed by atoms with Crippen LogP contribution in [0.3, 0.4) is 0 Å². The standard InChI is InChI=1S/C19H23BrN2O4/c1-3-25-16-6-5-13(10-17(16)26-4-2)9-15(12-23)22-19(24)14-7-8-21-18(20)11-14/h5-8,10-11,15,23H,3-4,9,12H2,1-2H3,(H,22,24). The molecule has 1 heterocycles.